The first kappa shape index (κ1) is 11.4. The minimum atomic E-state index is -0.0704. The lowest BCUT2D eigenvalue weighted by atomic mass is 9.97. The standard InChI is InChI=1S/C16H15N/c1-12-7-4-5-10-16(12)15-9-6-8-14(11-15)13(2)17-3/h4-11,13H,1-2H3. The van der Waals surface area contributed by atoms with E-state index in [1.165, 1.54) is 16.7 Å². The Kier molecular flexibility index (Phi) is 3.25. The van der Waals surface area contributed by atoms with Crippen LogP contribution in [-0.2, 0) is 0 Å². The van der Waals surface area contributed by atoms with Crippen molar-refractivity contribution in [2.24, 2.45) is 0 Å². The predicted octanol–water partition coefficient (Wildman–Crippen LogP) is 4.64. The van der Waals surface area contributed by atoms with E-state index in [1.54, 1.807) is 0 Å². The maximum Gasteiger partial charge on any atom is 0.246 e. The van der Waals surface area contributed by atoms with Gasteiger partial charge in [0, 0.05) is 12.5 Å². The first-order valence-electron chi connectivity index (χ1n) is 5.75. The molecule has 0 aliphatic carbocycles. The highest BCUT2D eigenvalue weighted by Crippen LogP contribution is 2.26. The molecular formula is C16H15N. The summed E-state index contributed by atoms with van der Waals surface area (Å²) >= 11 is 0. The van der Waals surface area contributed by atoms with E-state index in [0.717, 1.165) is 5.56 Å². The van der Waals surface area contributed by atoms with E-state index in [2.05, 4.69) is 36.0 Å². The van der Waals surface area contributed by atoms with Crippen molar-refractivity contribution in [2.75, 3.05) is 0 Å². The fourth-order valence-corrected chi connectivity index (χ4v) is 1.94. The second-order valence-corrected chi connectivity index (χ2v) is 4.25. The molecule has 1 nitrogen and oxygen atoms in total. The minimum absolute atomic E-state index is 0.0704. The molecular weight excluding hydrogens is 206 g/mol. The van der Waals surface area contributed by atoms with Crippen LogP contribution in [0.25, 0.3) is 16.0 Å². The highest BCUT2D eigenvalue weighted by atomic mass is 14.7. The van der Waals surface area contributed by atoms with Gasteiger partial charge in [0.05, 0.1) is 0 Å². The van der Waals surface area contributed by atoms with Crippen LogP contribution in [0.1, 0.15) is 24.1 Å². The number of benzene rings is 2. The number of nitrogens with zero attached hydrogens (tertiary/aromatic N) is 1. The maximum atomic E-state index is 7.09. The van der Waals surface area contributed by atoms with E-state index in [4.69, 9.17) is 6.57 Å². The average Bonchev–Trinajstić information content (AvgIpc) is 2.38. The summed E-state index contributed by atoms with van der Waals surface area (Å²) in [6.07, 6.45) is 0. The first-order chi connectivity index (χ1) is 8.22. The van der Waals surface area contributed by atoms with Crippen LogP contribution in [0.3, 0.4) is 0 Å². The van der Waals surface area contributed by atoms with Gasteiger partial charge in [-0.25, -0.2) is 6.57 Å². The molecule has 2 aromatic carbocycles. The highest BCUT2D eigenvalue weighted by molar-refractivity contribution is 5.67. The summed E-state index contributed by atoms with van der Waals surface area (Å²) in [5.41, 5.74) is 4.78. The van der Waals surface area contributed by atoms with Gasteiger partial charge in [0.2, 0.25) is 6.04 Å². The third-order valence-electron chi connectivity index (χ3n) is 3.02. The lowest BCUT2D eigenvalue weighted by Crippen LogP contribution is -1.89. The fraction of sp³-hybridized carbons (Fsp3) is 0.188. The first-order valence-corrected chi connectivity index (χ1v) is 5.75. The molecule has 0 saturated carbocycles. The molecule has 0 aliphatic heterocycles. The van der Waals surface area contributed by atoms with Crippen molar-refractivity contribution in [2.45, 2.75) is 19.9 Å². The lowest BCUT2D eigenvalue weighted by Gasteiger charge is -2.07. The van der Waals surface area contributed by atoms with Crippen LogP contribution >= 0.6 is 0 Å². The number of hydrogen-bond donors (Lipinski definition) is 0. The molecule has 1 heteroatoms. The van der Waals surface area contributed by atoms with Crippen LogP contribution in [0.15, 0.2) is 48.5 Å². The molecule has 2 rings (SSSR count). The zero-order valence-corrected chi connectivity index (χ0v) is 10.1. The zero-order valence-electron chi connectivity index (χ0n) is 10.1. The Balaban J connectivity index is 2.48. The van der Waals surface area contributed by atoms with Gasteiger partial charge in [-0.15, -0.1) is 0 Å². The molecule has 0 heterocycles. The fourth-order valence-electron chi connectivity index (χ4n) is 1.94. The quantitative estimate of drug-likeness (QED) is 0.650. The molecule has 0 saturated heterocycles. The number of hydrogen-bond acceptors (Lipinski definition) is 0. The summed E-state index contributed by atoms with van der Waals surface area (Å²) in [6.45, 7) is 11.1. The maximum absolute atomic E-state index is 7.09. The van der Waals surface area contributed by atoms with E-state index in [0.29, 0.717) is 0 Å². The monoisotopic (exact) mass is 221 g/mol. The summed E-state index contributed by atoms with van der Waals surface area (Å²) < 4.78 is 0. The van der Waals surface area contributed by atoms with Crippen molar-refractivity contribution in [3.8, 4) is 11.1 Å². The van der Waals surface area contributed by atoms with Crippen LogP contribution in [0.4, 0.5) is 0 Å². The molecule has 84 valence electrons. The van der Waals surface area contributed by atoms with Gasteiger partial charge in [-0.3, -0.25) is 0 Å². The number of rotatable bonds is 2. The highest BCUT2D eigenvalue weighted by Gasteiger charge is 2.09. The van der Waals surface area contributed by atoms with Gasteiger partial charge in [0.1, 0.15) is 0 Å². The van der Waals surface area contributed by atoms with Gasteiger partial charge >= 0.3 is 0 Å². The van der Waals surface area contributed by atoms with E-state index in [1.807, 2.05) is 31.2 Å². The Labute approximate surface area is 103 Å². The molecule has 2 aromatic rings. The van der Waals surface area contributed by atoms with E-state index < -0.39 is 0 Å². The van der Waals surface area contributed by atoms with Gasteiger partial charge in [-0.05, 0) is 29.7 Å². The van der Waals surface area contributed by atoms with Gasteiger partial charge in [-0.2, -0.15) is 0 Å². The van der Waals surface area contributed by atoms with Crippen molar-refractivity contribution in [1.82, 2.24) is 0 Å². The third kappa shape index (κ3) is 2.37. The van der Waals surface area contributed by atoms with Crippen molar-refractivity contribution < 1.29 is 0 Å². The largest absolute Gasteiger partial charge is 0.309 e. The molecule has 1 atom stereocenters. The van der Waals surface area contributed by atoms with Gasteiger partial charge < -0.3 is 4.85 Å². The lowest BCUT2D eigenvalue weighted by molar-refractivity contribution is 0.962. The van der Waals surface area contributed by atoms with Gasteiger partial charge in [0.25, 0.3) is 0 Å². The second-order valence-electron chi connectivity index (χ2n) is 4.25. The van der Waals surface area contributed by atoms with Crippen molar-refractivity contribution in [3.05, 3.63) is 71.1 Å². The summed E-state index contributed by atoms with van der Waals surface area (Å²) in [7, 11) is 0. The molecule has 0 amide bonds. The molecule has 0 aliphatic rings. The molecule has 0 N–H and O–H groups in total. The third-order valence-corrected chi connectivity index (χ3v) is 3.02. The average molecular weight is 221 g/mol. The van der Waals surface area contributed by atoms with E-state index in [-0.39, 0.29) is 6.04 Å². The summed E-state index contributed by atoms with van der Waals surface area (Å²) in [4.78, 5) is 3.57. The van der Waals surface area contributed by atoms with E-state index in [9.17, 15) is 0 Å². The van der Waals surface area contributed by atoms with Crippen LogP contribution < -0.4 is 0 Å². The SMILES string of the molecule is [C-]#[N+]C(C)c1cccc(-c2ccccc2C)c1. The normalized spacial score (nSPS) is 11.8. The zero-order chi connectivity index (χ0) is 12.3. The molecule has 1 unspecified atom stereocenters. The van der Waals surface area contributed by atoms with Crippen molar-refractivity contribution >= 4 is 0 Å². The van der Waals surface area contributed by atoms with Gasteiger partial charge in [0.15, 0.2) is 0 Å². The summed E-state index contributed by atoms with van der Waals surface area (Å²) in [5, 5.41) is 0. The topological polar surface area (TPSA) is 4.36 Å². The van der Waals surface area contributed by atoms with Crippen molar-refractivity contribution in [1.29, 1.82) is 0 Å². The molecule has 0 bridgehead atoms. The Morgan fingerprint density at radius 2 is 1.82 bits per heavy atom. The van der Waals surface area contributed by atoms with Crippen LogP contribution in [0.5, 0.6) is 0 Å². The van der Waals surface area contributed by atoms with Crippen molar-refractivity contribution in [3.63, 3.8) is 0 Å². The minimum Gasteiger partial charge on any atom is -0.309 e. The molecule has 0 aromatic heterocycles. The number of aryl methyl sites for hydroxylation is 1. The Morgan fingerprint density at radius 3 is 2.53 bits per heavy atom. The second kappa shape index (κ2) is 4.84. The van der Waals surface area contributed by atoms with Gasteiger partial charge in [-0.1, -0.05) is 42.5 Å². The van der Waals surface area contributed by atoms with Crippen LogP contribution in [-0.4, -0.2) is 0 Å². The molecule has 17 heavy (non-hydrogen) atoms. The summed E-state index contributed by atoms with van der Waals surface area (Å²) in [5.74, 6) is 0. The Hall–Kier alpha value is -2.07. The summed E-state index contributed by atoms with van der Waals surface area (Å²) in [6, 6.07) is 16.5. The smallest absolute Gasteiger partial charge is 0.246 e. The van der Waals surface area contributed by atoms with E-state index >= 15 is 0 Å². The molecule has 0 fully saturated rings. The Morgan fingerprint density at radius 1 is 1.06 bits per heavy atom. The Bertz CT molecular complexity index is 564. The predicted molar refractivity (Wildman–Crippen MR) is 71.6 cm³/mol. The molecule has 0 spiro atoms. The van der Waals surface area contributed by atoms with Crippen LogP contribution in [0.2, 0.25) is 0 Å². The van der Waals surface area contributed by atoms with Crippen LogP contribution in [0, 0.1) is 13.5 Å². The molecule has 0 radical (unpaired) electrons.